The summed E-state index contributed by atoms with van der Waals surface area (Å²) in [6.45, 7) is 0.0437. The van der Waals surface area contributed by atoms with Crippen LogP contribution in [-0.4, -0.2) is 24.4 Å². The van der Waals surface area contributed by atoms with Gasteiger partial charge in [0.25, 0.3) is 5.91 Å². The van der Waals surface area contributed by atoms with E-state index in [-0.39, 0.29) is 17.0 Å². The average molecular weight is 308 g/mol. The van der Waals surface area contributed by atoms with Crippen LogP contribution in [0.25, 0.3) is 0 Å². The maximum Gasteiger partial charge on any atom is 0.251 e. The molecule has 0 saturated heterocycles. The van der Waals surface area contributed by atoms with Gasteiger partial charge in [-0.05, 0) is 18.2 Å². The third-order valence-electron chi connectivity index (χ3n) is 2.71. The zero-order valence-corrected chi connectivity index (χ0v) is 11.6. The average Bonchev–Trinajstić information content (AvgIpc) is 2.48. The Kier molecular flexibility index (Phi) is 4.39. The highest BCUT2D eigenvalue weighted by Crippen LogP contribution is 2.07. The Morgan fingerprint density at radius 2 is 2.05 bits per heavy atom. The second-order valence-electron chi connectivity index (χ2n) is 4.20. The first-order valence-electron chi connectivity index (χ1n) is 5.90. The van der Waals surface area contributed by atoms with Crippen molar-refractivity contribution >= 4 is 16.6 Å². The van der Waals surface area contributed by atoms with E-state index < -0.39 is 27.8 Å². The lowest BCUT2D eigenvalue weighted by Gasteiger charge is -2.06. The quantitative estimate of drug-likeness (QED) is 0.592. The lowest BCUT2D eigenvalue weighted by Crippen LogP contribution is -2.24. The van der Waals surface area contributed by atoms with E-state index in [1.807, 2.05) is 0 Å². The molecule has 0 atom stereocenters. The third-order valence-corrected chi connectivity index (χ3v) is 3.41. The molecule has 1 amide bonds. The van der Waals surface area contributed by atoms with Crippen molar-refractivity contribution in [3.8, 4) is 5.75 Å². The minimum atomic E-state index is -2.75. The first-order chi connectivity index (χ1) is 9.97. The zero-order chi connectivity index (χ0) is 15.4. The van der Waals surface area contributed by atoms with Crippen molar-refractivity contribution in [2.45, 2.75) is 11.4 Å². The Balaban J connectivity index is 2.09. The molecule has 21 heavy (non-hydrogen) atoms. The van der Waals surface area contributed by atoms with E-state index in [0.717, 1.165) is 6.20 Å². The van der Waals surface area contributed by atoms with E-state index in [1.54, 1.807) is 0 Å². The van der Waals surface area contributed by atoms with Crippen LogP contribution in [0.5, 0.6) is 5.75 Å². The molecule has 110 valence electrons. The van der Waals surface area contributed by atoms with Gasteiger partial charge >= 0.3 is 0 Å². The van der Waals surface area contributed by atoms with E-state index in [1.165, 1.54) is 30.3 Å². The van der Waals surface area contributed by atoms with Crippen LogP contribution < -0.4 is 10.7 Å². The van der Waals surface area contributed by atoms with Crippen LogP contribution in [0.1, 0.15) is 16.1 Å². The van der Waals surface area contributed by atoms with Crippen molar-refractivity contribution in [2.75, 3.05) is 0 Å². The standard InChI is InChI=1S/C13H12N2O5S/c16-11-5-9(14-7-12(11)17)6-15-13(18)8-2-1-3-10(4-8)21(19)20/h1-5,7,17,21H,6H2,(H,14,16)(H,15,18). The Morgan fingerprint density at radius 3 is 2.71 bits per heavy atom. The van der Waals surface area contributed by atoms with Crippen molar-refractivity contribution in [3.63, 3.8) is 0 Å². The minimum absolute atomic E-state index is 0.0437. The molecule has 0 saturated carbocycles. The fraction of sp³-hybridized carbons (Fsp3) is 0.0769. The number of carbonyl (C=O) groups excluding carboxylic acids is 1. The van der Waals surface area contributed by atoms with Crippen molar-refractivity contribution in [2.24, 2.45) is 0 Å². The lowest BCUT2D eigenvalue weighted by molar-refractivity contribution is 0.0950. The molecule has 1 aromatic heterocycles. The predicted octanol–water partition coefficient (Wildman–Crippen LogP) is -0.0192. The van der Waals surface area contributed by atoms with Gasteiger partial charge in [0.05, 0.1) is 11.4 Å². The number of aromatic amines is 1. The number of amides is 1. The Morgan fingerprint density at radius 1 is 1.29 bits per heavy atom. The minimum Gasteiger partial charge on any atom is -0.503 e. The SMILES string of the molecule is O=C(NCc1cc(=O)c(O)c[nH]1)c1cccc([SH](=O)=O)c1. The number of benzene rings is 1. The van der Waals surface area contributed by atoms with Crippen molar-refractivity contribution in [3.05, 3.63) is 58.0 Å². The maximum absolute atomic E-state index is 11.9. The summed E-state index contributed by atoms with van der Waals surface area (Å²) in [5.74, 6) is -0.875. The smallest absolute Gasteiger partial charge is 0.251 e. The van der Waals surface area contributed by atoms with Crippen LogP contribution in [-0.2, 0) is 17.2 Å². The molecule has 1 heterocycles. The molecular weight excluding hydrogens is 296 g/mol. The van der Waals surface area contributed by atoms with Gasteiger partial charge in [0.2, 0.25) is 5.43 Å². The van der Waals surface area contributed by atoms with E-state index >= 15 is 0 Å². The van der Waals surface area contributed by atoms with Gasteiger partial charge in [-0.3, -0.25) is 9.59 Å². The summed E-state index contributed by atoms with van der Waals surface area (Å²) in [5.41, 5.74) is 0.0633. The number of carbonyl (C=O) groups is 1. The second kappa shape index (κ2) is 6.23. The third kappa shape index (κ3) is 3.69. The fourth-order valence-electron chi connectivity index (χ4n) is 1.65. The van der Waals surface area contributed by atoms with Gasteiger partial charge in [0, 0.05) is 23.5 Å². The van der Waals surface area contributed by atoms with Crippen LogP contribution in [0, 0.1) is 0 Å². The van der Waals surface area contributed by atoms with E-state index in [9.17, 15) is 18.0 Å². The number of thiol groups is 1. The Hall–Kier alpha value is -2.61. The van der Waals surface area contributed by atoms with Crippen LogP contribution in [0.2, 0.25) is 0 Å². The lowest BCUT2D eigenvalue weighted by atomic mass is 10.2. The van der Waals surface area contributed by atoms with Crippen molar-refractivity contribution < 1.29 is 18.3 Å². The molecular formula is C13H12N2O5S. The van der Waals surface area contributed by atoms with E-state index in [0.29, 0.717) is 5.69 Å². The Bertz CT molecular complexity index is 802. The normalized spacial score (nSPS) is 10.5. The van der Waals surface area contributed by atoms with Gasteiger partial charge < -0.3 is 15.4 Å². The Labute approximate surface area is 121 Å². The van der Waals surface area contributed by atoms with Gasteiger partial charge in [-0.25, -0.2) is 8.42 Å². The molecule has 0 radical (unpaired) electrons. The van der Waals surface area contributed by atoms with Crippen LogP contribution in [0.3, 0.4) is 0 Å². The molecule has 3 N–H and O–H groups in total. The van der Waals surface area contributed by atoms with Crippen LogP contribution in [0.15, 0.2) is 46.2 Å². The van der Waals surface area contributed by atoms with Crippen molar-refractivity contribution in [1.29, 1.82) is 0 Å². The molecule has 0 spiro atoms. The number of H-pyrrole nitrogens is 1. The number of aromatic nitrogens is 1. The van der Waals surface area contributed by atoms with Gasteiger partial charge in [-0.15, -0.1) is 0 Å². The second-order valence-corrected chi connectivity index (χ2v) is 5.23. The molecule has 0 aliphatic rings. The summed E-state index contributed by atoms with van der Waals surface area (Å²) in [6, 6.07) is 6.77. The molecule has 0 aliphatic carbocycles. The molecule has 2 rings (SSSR count). The number of hydrogen-bond donors (Lipinski definition) is 4. The summed E-state index contributed by atoms with van der Waals surface area (Å²) in [7, 11) is -2.75. The monoisotopic (exact) mass is 308 g/mol. The first kappa shape index (κ1) is 14.8. The topological polar surface area (TPSA) is 116 Å². The highest BCUT2D eigenvalue weighted by atomic mass is 32.2. The highest BCUT2D eigenvalue weighted by Gasteiger charge is 2.07. The summed E-state index contributed by atoms with van der Waals surface area (Å²) in [6.07, 6.45) is 1.13. The highest BCUT2D eigenvalue weighted by molar-refractivity contribution is 7.72. The largest absolute Gasteiger partial charge is 0.503 e. The number of nitrogens with one attached hydrogen (secondary N) is 2. The van der Waals surface area contributed by atoms with Gasteiger partial charge in [-0.1, -0.05) is 6.07 Å². The first-order valence-corrected chi connectivity index (χ1v) is 7.08. The molecule has 2 aromatic rings. The summed E-state index contributed by atoms with van der Waals surface area (Å²) >= 11 is 0. The van der Waals surface area contributed by atoms with Gasteiger partial charge in [-0.2, -0.15) is 0 Å². The summed E-state index contributed by atoms with van der Waals surface area (Å²) < 4.78 is 21.7. The summed E-state index contributed by atoms with van der Waals surface area (Å²) in [5, 5.41) is 11.6. The van der Waals surface area contributed by atoms with Gasteiger partial charge in [0.15, 0.2) is 16.5 Å². The zero-order valence-electron chi connectivity index (χ0n) is 10.7. The molecule has 0 unspecified atom stereocenters. The number of aromatic hydroxyl groups is 1. The van der Waals surface area contributed by atoms with E-state index in [2.05, 4.69) is 10.3 Å². The molecule has 7 nitrogen and oxygen atoms in total. The maximum atomic E-state index is 11.9. The van der Waals surface area contributed by atoms with Crippen molar-refractivity contribution in [1.82, 2.24) is 10.3 Å². The fourth-order valence-corrected chi connectivity index (χ4v) is 2.10. The summed E-state index contributed by atoms with van der Waals surface area (Å²) in [4.78, 5) is 25.8. The van der Waals surface area contributed by atoms with Crippen LogP contribution >= 0.6 is 0 Å². The number of hydrogen-bond acceptors (Lipinski definition) is 5. The van der Waals surface area contributed by atoms with E-state index in [4.69, 9.17) is 5.11 Å². The number of rotatable bonds is 4. The molecule has 0 fully saturated rings. The van der Waals surface area contributed by atoms with Crippen LogP contribution in [0.4, 0.5) is 0 Å². The van der Waals surface area contributed by atoms with Gasteiger partial charge in [0.1, 0.15) is 0 Å². The predicted molar refractivity (Wildman–Crippen MR) is 74.9 cm³/mol. The molecule has 8 heteroatoms. The molecule has 1 aromatic carbocycles. The molecule has 0 aliphatic heterocycles. The molecule has 0 bridgehead atoms. The number of pyridine rings is 1.